The van der Waals surface area contributed by atoms with Crippen LogP contribution in [0.25, 0.3) is 0 Å². The second-order valence-electron chi connectivity index (χ2n) is 15.0. The molecular formula is C46H89ClN2O4. The molecule has 0 aliphatic heterocycles. The number of unbranched alkanes of at least 4 members (excludes halogenated alkanes) is 22. The van der Waals surface area contributed by atoms with Crippen LogP contribution in [0.15, 0.2) is 24.3 Å². The third-order valence-corrected chi connectivity index (χ3v) is 10.3. The fraction of sp³-hybridized carbons (Fsp3) is 0.870. The summed E-state index contributed by atoms with van der Waals surface area (Å²) in [6, 6.07) is 0. The van der Waals surface area contributed by atoms with E-state index in [1.165, 1.54) is 141 Å². The molecule has 0 N–H and O–H groups in total. The van der Waals surface area contributed by atoms with E-state index in [0.717, 1.165) is 51.9 Å². The Kier molecular flexibility index (Phi) is 45.6. The summed E-state index contributed by atoms with van der Waals surface area (Å²) in [6.45, 7) is 14.9. The number of allylic oxidation sites excluding steroid dienone is 4. The smallest absolute Gasteiger partial charge is 0.305 e. The minimum Gasteiger partial charge on any atom is -0.464 e. The second-order valence-corrected chi connectivity index (χ2v) is 15.0. The Morgan fingerprint density at radius 3 is 1.04 bits per heavy atom. The number of carbonyl (C=O) groups is 2. The molecule has 0 spiro atoms. The summed E-state index contributed by atoms with van der Waals surface area (Å²) in [7, 11) is 0. The van der Waals surface area contributed by atoms with Gasteiger partial charge in [0, 0.05) is 39.0 Å². The molecule has 0 radical (unpaired) electrons. The molecule has 7 heteroatoms. The van der Waals surface area contributed by atoms with Gasteiger partial charge in [-0.2, -0.15) is 0 Å². The third kappa shape index (κ3) is 41.6. The van der Waals surface area contributed by atoms with Crippen LogP contribution in [0.1, 0.15) is 207 Å². The highest BCUT2D eigenvalue weighted by Gasteiger charge is 2.11. The minimum atomic E-state index is -0.0901. The van der Waals surface area contributed by atoms with E-state index >= 15 is 0 Å². The van der Waals surface area contributed by atoms with E-state index in [0.29, 0.717) is 39.1 Å². The normalized spacial score (nSPS) is 11.7. The van der Waals surface area contributed by atoms with Crippen LogP contribution in [0, 0.1) is 0 Å². The first kappa shape index (κ1) is 53.7. The standard InChI is InChI=1S/C46H88N2O4.ClH/c1-5-9-11-13-15-17-19-21-23-25-27-29-31-33-35-37-45(49)51-43-41-48(40-39-47(7-3)8-4)42-44-52-46(50)38-36-34-32-30-28-26-24-22-20-18-16-14-12-10-6-2;/h21-24H,5-20,25-44H2,1-4H3;1H/b23-21-,24-22-;. The Balaban J connectivity index is 0. The number of halogens is 1. The largest absolute Gasteiger partial charge is 0.464 e. The maximum Gasteiger partial charge on any atom is 0.305 e. The lowest BCUT2D eigenvalue weighted by Gasteiger charge is -2.26. The van der Waals surface area contributed by atoms with Crippen molar-refractivity contribution in [3.63, 3.8) is 0 Å². The van der Waals surface area contributed by atoms with E-state index in [1.807, 2.05) is 0 Å². The van der Waals surface area contributed by atoms with Gasteiger partial charge in [0.15, 0.2) is 0 Å². The van der Waals surface area contributed by atoms with E-state index < -0.39 is 0 Å². The number of ether oxygens (including phenoxy) is 2. The number of hydrogen-bond acceptors (Lipinski definition) is 6. The zero-order chi connectivity index (χ0) is 38.0. The average molecular weight is 770 g/mol. The molecule has 0 atom stereocenters. The van der Waals surface area contributed by atoms with Gasteiger partial charge in [0.2, 0.25) is 0 Å². The molecule has 0 fully saturated rings. The Hall–Kier alpha value is -1.37. The van der Waals surface area contributed by atoms with E-state index in [9.17, 15) is 9.59 Å². The molecule has 0 amide bonds. The van der Waals surface area contributed by atoms with Crippen LogP contribution in [-0.2, 0) is 19.1 Å². The fourth-order valence-electron chi connectivity index (χ4n) is 6.56. The predicted molar refractivity (Wildman–Crippen MR) is 232 cm³/mol. The molecule has 0 saturated heterocycles. The molecule has 0 aromatic rings. The summed E-state index contributed by atoms with van der Waals surface area (Å²) in [4.78, 5) is 29.4. The van der Waals surface area contributed by atoms with Crippen LogP contribution in [0.2, 0.25) is 0 Å². The summed E-state index contributed by atoms with van der Waals surface area (Å²) < 4.78 is 11.2. The molecule has 0 aliphatic rings. The first-order chi connectivity index (χ1) is 25.6. The first-order valence-corrected chi connectivity index (χ1v) is 22.6. The van der Waals surface area contributed by atoms with E-state index in [1.54, 1.807) is 0 Å². The molecule has 0 aliphatic carbocycles. The summed E-state index contributed by atoms with van der Waals surface area (Å²) in [6.07, 6.45) is 43.0. The van der Waals surface area contributed by atoms with Gasteiger partial charge in [0.1, 0.15) is 13.2 Å². The van der Waals surface area contributed by atoms with Gasteiger partial charge < -0.3 is 14.4 Å². The van der Waals surface area contributed by atoms with Crippen LogP contribution in [0.3, 0.4) is 0 Å². The van der Waals surface area contributed by atoms with Gasteiger partial charge in [0.05, 0.1) is 0 Å². The van der Waals surface area contributed by atoms with Crippen LogP contribution in [0.4, 0.5) is 0 Å². The number of nitrogens with zero attached hydrogens (tertiary/aromatic N) is 2. The zero-order valence-corrected chi connectivity index (χ0v) is 36.5. The van der Waals surface area contributed by atoms with Crippen molar-refractivity contribution in [2.75, 3.05) is 52.5 Å². The van der Waals surface area contributed by atoms with Crippen LogP contribution >= 0.6 is 12.4 Å². The third-order valence-electron chi connectivity index (χ3n) is 10.3. The number of esters is 2. The van der Waals surface area contributed by atoms with Crippen molar-refractivity contribution in [2.45, 2.75) is 207 Å². The highest BCUT2D eigenvalue weighted by molar-refractivity contribution is 5.85. The number of likely N-dealkylation sites (N-methyl/N-ethyl adjacent to an activating group) is 1. The quantitative estimate of drug-likeness (QED) is 0.0351. The molecule has 0 bridgehead atoms. The second kappa shape index (κ2) is 45.0. The first-order valence-electron chi connectivity index (χ1n) is 22.6. The van der Waals surface area contributed by atoms with E-state index in [4.69, 9.17) is 9.47 Å². The molecule has 6 nitrogen and oxygen atoms in total. The van der Waals surface area contributed by atoms with Crippen LogP contribution < -0.4 is 0 Å². The predicted octanol–water partition coefficient (Wildman–Crippen LogP) is 13.2. The zero-order valence-electron chi connectivity index (χ0n) is 35.7. The fourth-order valence-corrected chi connectivity index (χ4v) is 6.56. The molecule has 0 saturated carbocycles. The van der Waals surface area contributed by atoms with Crippen LogP contribution in [-0.4, -0.2) is 74.2 Å². The van der Waals surface area contributed by atoms with E-state index in [-0.39, 0.29) is 24.3 Å². The van der Waals surface area contributed by atoms with Crippen LogP contribution in [0.5, 0.6) is 0 Å². The molecule has 0 unspecified atom stereocenters. The minimum absolute atomic E-state index is 0. The topological polar surface area (TPSA) is 59.1 Å². The summed E-state index contributed by atoms with van der Waals surface area (Å²) in [5.41, 5.74) is 0. The Labute approximate surface area is 336 Å². The van der Waals surface area contributed by atoms with Gasteiger partial charge in [-0.15, -0.1) is 12.4 Å². The van der Waals surface area contributed by atoms with Gasteiger partial charge >= 0.3 is 11.9 Å². The molecule has 314 valence electrons. The van der Waals surface area contributed by atoms with Gasteiger partial charge in [0.25, 0.3) is 0 Å². The lowest BCUT2D eigenvalue weighted by atomic mass is 10.1. The Bertz CT molecular complexity index is 759. The average Bonchev–Trinajstić information content (AvgIpc) is 3.14. The van der Waals surface area contributed by atoms with Crippen molar-refractivity contribution in [2.24, 2.45) is 0 Å². The summed E-state index contributed by atoms with van der Waals surface area (Å²) in [5.74, 6) is -0.180. The van der Waals surface area contributed by atoms with Crippen molar-refractivity contribution in [3.8, 4) is 0 Å². The molecule has 0 aromatic heterocycles. The monoisotopic (exact) mass is 769 g/mol. The SMILES string of the molecule is CCCCCCCC/C=C\CCCCCCCC(=O)OCCN(CCOC(=O)CCCCCCC/C=C\CCCCCCCC)CCN(CC)CC.Cl. The number of carbonyl (C=O) groups excluding carboxylic acids is 2. The lowest BCUT2D eigenvalue weighted by molar-refractivity contribution is -0.144. The van der Waals surface area contributed by atoms with Crippen molar-refractivity contribution < 1.29 is 19.1 Å². The number of hydrogen-bond donors (Lipinski definition) is 0. The van der Waals surface area contributed by atoms with Crippen molar-refractivity contribution in [1.82, 2.24) is 9.80 Å². The number of rotatable bonds is 41. The summed E-state index contributed by atoms with van der Waals surface area (Å²) in [5, 5.41) is 0. The lowest BCUT2D eigenvalue weighted by Crippen LogP contribution is -2.39. The Morgan fingerprint density at radius 1 is 0.396 bits per heavy atom. The molecule has 0 heterocycles. The highest BCUT2D eigenvalue weighted by atomic mass is 35.5. The van der Waals surface area contributed by atoms with Gasteiger partial charge in [-0.1, -0.05) is 155 Å². The highest BCUT2D eigenvalue weighted by Crippen LogP contribution is 2.12. The molecule has 0 rings (SSSR count). The van der Waals surface area contributed by atoms with Crippen molar-refractivity contribution >= 4 is 24.3 Å². The maximum atomic E-state index is 12.4. The molecule has 53 heavy (non-hydrogen) atoms. The van der Waals surface area contributed by atoms with Crippen molar-refractivity contribution in [1.29, 1.82) is 0 Å². The van der Waals surface area contributed by atoms with Gasteiger partial charge in [-0.3, -0.25) is 14.5 Å². The van der Waals surface area contributed by atoms with Gasteiger partial charge in [-0.25, -0.2) is 0 Å². The maximum absolute atomic E-state index is 12.4. The van der Waals surface area contributed by atoms with E-state index in [2.05, 4.69) is 61.8 Å². The Morgan fingerprint density at radius 2 is 0.698 bits per heavy atom. The summed E-state index contributed by atoms with van der Waals surface area (Å²) >= 11 is 0. The molecular weight excluding hydrogens is 680 g/mol. The van der Waals surface area contributed by atoms with Crippen molar-refractivity contribution in [3.05, 3.63) is 24.3 Å². The van der Waals surface area contributed by atoms with Gasteiger partial charge in [-0.05, 0) is 77.3 Å². The molecule has 0 aromatic carbocycles.